The predicted molar refractivity (Wildman–Crippen MR) is 339 cm³/mol. The van der Waals surface area contributed by atoms with E-state index in [0.717, 1.165) is 70.6 Å². The first-order valence-corrected chi connectivity index (χ1v) is 35.0. The van der Waals surface area contributed by atoms with Gasteiger partial charge >= 0.3 is 17.9 Å². The number of esters is 3. The number of ether oxygens (including phenoxy) is 3. The zero-order valence-electron chi connectivity index (χ0n) is 52.7. The molecule has 1 atom stereocenters. The first-order valence-electron chi connectivity index (χ1n) is 35.0. The van der Waals surface area contributed by atoms with Crippen LogP contribution in [0.4, 0.5) is 0 Å². The van der Waals surface area contributed by atoms with E-state index in [1.54, 1.807) is 0 Å². The van der Waals surface area contributed by atoms with E-state index in [2.05, 4.69) is 57.2 Å². The van der Waals surface area contributed by atoms with E-state index >= 15 is 0 Å². The maximum Gasteiger partial charge on any atom is 0.306 e. The molecule has 0 aliphatic carbocycles. The van der Waals surface area contributed by atoms with Gasteiger partial charge < -0.3 is 14.2 Å². The summed E-state index contributed by atoms with van der Waals surface area (Å²) in [5, 5.41) is 0. The van der Waals surface area contributed by atoms with Gasteiger partial charge in [-0.05, 0) is 77.0 Å². The molecule has 0 spiro atoms. The third kappa shape index (κ3) is 64.5. The van der Waals surface area contributed by atoms with Crippen molar-refractivity contribution in [2.75, 3.05) is 13.2 Å². The van der Waals surface area contributed by atoms with Crippen molar-refractivity contribution in [3.8, 4) is 0 Å². The molecule has 0 radical (unpaired) electrons. The van der Waals surface area contributed by atoms with E-state index < -0.39 is 6.10 Å². The van der Waals surface area contributed by atoms with Gasteiger partial charge in [-0.3, -0.25) is 14.4 Å². The Bertz CT molecular complexity index is 1300. The predicted octanol–water partition coefficient (Wildman–Crippen LogP) is 23.9. The average molecular weight is 1100 g/mol. The van der Waals surface area contributed by atoms with Gasteiger partial charge in [0.05, 0.1) is 0 Å². The van der Waals surface area contributed by atoms with Crippen LogP contribution in [0.3, 0.4) is 0 Å². The Morgan fingerprint density at radius 1 is 0.256 bits per heavy atom. The van der Waals surface area contributed by atoms with E-state index in [-0.39, 0.29) is 31.1 Å². The zero-order chi connectivity index (χ0) is 56.4. The number of hydrogen-bond acceptors (Lipinski definition) is 6. The third-order valence-corrected chi connectivity index (χ3v) is 15.9. The molecule has 0 bridgehead atoms. The van der Waals surface area contributed by atoms with E-state index in [1.165, 1.54) is 276 Å². The minimum atomic E-state index is -0.772. The van der Waals surface area contributed by atoms with Gasteiger partial charge in [0, 0.05) is 19.3 Å². The van der Waals surface area contributed by atoms with Crippen molar-refractivity contribution in [2.24, 2.45) is 0 Å². The highest BCUT2D eigenvalue weighted by molar-refractivity contribution is 5.71. The molecule has 6 heteroatoms. The molecule has 0 heterocycles. The second-order valence-corrected chi connectivity index (χ2v) is 23.8. The molecule has 0 aliphatic heterocycles. The van der Waals surface area contributed by atoms with Crippen LogP contribution in [0.5, 0.6) is 0 Å². The van der Waals surface area contributed by atoms with Crippen molar-refractivity contribution in [1.82, 2.24) is 0 Å². The van der Waals surface area contributed by atoms with E-state index in [9.17, 15) is 14.4 Å². The summed E-state index contributed by atoms with van der Waals surface area (Å²) in [6.45, 7) is 6.68. The van der Waals surface area contributed by atoms with Crippen molar-refractivity contribution in [1.29, 1.82) is 0 Å². The molecule has 0 fully saturated rings. The summed E-state index contributed by atoms with van der Waals surface area (Å²) in [5.41, 5.74) is 0. The van der Waals surface area contributed by atoms with Crippen molar-refractivity contribution < 1.29 is 28.6 Å². The van der Waals surface area contributed by atoms with Gasteiger partial charge in [0.15, 0.2) is 6.10 Å². The number of hydrogen-bond donors (Lipinski definition) is 0. The number of allylic oxidation sites excluding steroid dienone is 6. The normalized spacial score (nSPS) is 12.2. The van der Waals surface area contributed by atoms with Crippen LogP contribution in [-0.2, 0) is 28.6 Å². The lowest BCUT2D eigenvalue weighted by Crippen LogP contribution is -2.30. The van der Waals surface area contributed by atoms with Crippen molar-refractivity contribution in [3.05, 3.63) is 36.5 Å². The molecule has 0 aromatic heterocycles. The smallest absolute Gasteiger partial charge is 0.306 e. The Morgan fingerprint density at radius 2 is 0.462 bits per heavy atom. The Morgan fingerprint density at radius 3 is 0.718 bits per heavy atom. The molecule has 1 unspecified atom stereocenters. The molecule has 0 amide bonds. The standard InChI is InChI=1S/C72H134O6/c1-4-7-10-13-16-19-22-25-28-30-31-32-33-34-35-36-37-38-39-40-41-43-44-47-50-53-56-59-62-65-71(74)77-68-69(67-76-70(73)64-61-58-55-52-49-46-27-24-21-18-15-12-9-6-3)78-72(75)66-63-60-57-54-51-48-45-42-29-26-23-20-17-14-11-8-5-2/h22,24-25,27,30-31,69H,4-21,23,26,28-29,32-68H2,1-3H3/b25-22-,27-24-,31-30-. The summed E-state index contributed by atoms with van der Waals surface area (Å²) in [6, 6.07) is 0. The summed E-state index contributed by atoms with van der Waals surface area (Å²) in [5.74, 6) is -0.849. The van der Waals surface area contributed by atoms with Crippen molar-refractivity contribution in [3.63, 3.8) is 0 Å². The number of carbonyl (C=O) groups excluding carboxylic acids is 3. The molecule has 0 aromatic rings. The van der Waals surface area contributed by atoms with Crippen LogP contribution in [0.1, 0.15) is 387 Å². The van der Waals surface area contributed by atoms with Crippen LogP contribution in [0.15, 0.2) is 36.5 Å². The van der Waals surface area contributed by atoms with Gasteiger partial charge in [-0.1, -0.05) is 327 Å². The molecule has 0 N–H and O–H groups in total. The molecule has 458 valence electrons. The maximum absolute atomic E-state index is 12.9. The molecule has 6 nitrogen and oxygen atoms in total. The van der Waals surface area contributed by atoms with Crippen LogP contribution >= 0.6 is 0 Å². The van der Waals surface area contributed by atoms with Crippen LogP contribution < -0.4 is 0 Å². The van der Waals surface area contributed by atoms with Gasteiger partial charge in [0.25, 0.3) is 0 Å². The van der Waals surface area contributed by atoms with E-state index in [1.807, 2.05) is 0 Å². The van der Waals surface area contributed by atoms with Crippen LogP contribution in [-0.4, -0.2) is 37.2 Å². The molecule has 0 aromatic carbocycles. The number of unbranched alkanes of at least 4 members (excludes halogenated alkanes) is 48. The van der Waals surface area contributed by atoms with Crippen LogP contribution in [0.2, 0.25) is 0 Å². The SMILES string of the molecule is CCCCCCC/C=C\C/C=C\CCCCCCCCCCCCCCCCCCCC(=O)OCC(COC(=O)CCCCCCC/C=C\CCCCCCC)OC(=O)CCCCCCCCCCCCCCCCCCC. The second kappa shape index (κ2) is 67.1. The zero-order valence-corrected chi connectivity index (χ0v) is 52.7. The lowest BCUT2D eigenvalue weighted by Gasteiger charge is -2.18. The minimum absolute atomic E-state index is 0.0689. The van der Waals surface area contributed by atoms with Gasteiger partial charge in [-0.25, -0.2) is 0 Å². The van der Waals surface area contributed by atoms with Gasteiger partial charge in [0.2, 0.25) is 0 Å². The topological polar surface area (TPSA) is 78.9 Å². The fraction of sp³-hybridized carbons (Fsp3) is 0.875. The summed E-state index contributed by atoms with van der Waals surface area (Å²) in [6.07, 6.45) is 83.2. The highest BCUT2D eigenvalue weighted by Crippen LogP contribution is 2.18. The lowest BCUT2D eigenvalue weighted by molar-refractivity contribution is -0.167. The highest BCUT2D eigenvalue weighted by Gasteiger charge is 2.19. The largest absolute Gasteiger partial charge is 0.462 e. The Balaban J connectivity index is 4.19. The molecule has 0 rings (SSSR count). The quantitative estimate of drug-likeness (QED) is 0.0261. The summed E-state index contributed by atoms with van der Waals surface area (Å²) in [4.78, 5) is 38.4. The fourth-order valence-electron chi connectivity index (χ4n) is 10.6. The van der Waals surface area contributed by atoms with Crippen LogP contribution in [0, 0.1) is 0 Å². The average Bonchev–Trinajstić information content (AvgIpc) is 3.44. The lowest BCUT2D eigenvalue weighted by atomic mass is 10.0. The fourth-order valence-corrected chi connectivity index (χ4v) is 10.6. The van der Waals surface area contributed by atoms with Gasteiger partial charge in [-0.15, -0.1) is 0 Å². The Hall–Kier alpha value is -2.37. The first-order chi connectivity index (χ1) is 38.5. The van der Waals surface area contributed by atoms with Gasteiger partial charge in [-0.2, -0.15) is 0 Å². The Labute approximate surface area is 486 Å². The Kier molecular flexibility index (Phi) is 65.1. The third-order valence-electron chi connectivity index (χ3n) is 15.9. The minimum Gasteiger partial charge on any atom is -0.462 e. The number of rotatable bonds is 65. The van der Waals surface area contributed by atoms with E-state index in [0.29, 0.717) is 19.3 Å². The monoisotopic (exact) mass is 1100 g/mol. The van der Waals surface area contributed by atoms with E-state index in [4.69, 9.17) is 14.2 Å². The summed E-state index contributed by atoms with van der Waals surface area (Å²) >= 11 is 0. The molecule has 0 aliphatic rings. The molecule has 0 saturated carbocycles. The molecular formula is C72H134O6. The van der Waals surface area contributed by atoms with Crippen molar-refractivity contribution >= 4 is 17.9 Å². The summed E-state index contributed by atoms with van der Waals surface area (Å²) < 4.78 is 17.0. The summed E-state index contributed by atoms with van der Waals surface area (Å²) in [7, 11) is 0. The highest BCUT2D eigenvalue weighted by atomic mass is 16.6. The van der Waals surface area contributed by atoms with Crippen LogP contribution in [0.25, 0.3) is 0 Å². The van der Waals surface area contributed by atoms with Crippen molar-refractivity contribution in [2.45, 2.75) is 393 Å². The number of carbonyl (C=O) groups is 3. The molecule has 0 saturated heterocycles. The second-order valence-electron chi connectivity index (χ2n) is 23.8. The molecule has 78 heavy (non-hydrogen) atoms. The first kappa shape index (κ1) is 75.6. The molecular weight excluding hydrogens is 961 g/mol. The maximum atomic E-state index is 12.9. The van der Waals surface area contributed by atoms with Gasteiger partial charge in [0.1, 0.15) is 13.2 Å².